The van der Waals surface area contributed by atoms with E-state index in [1.165, 1.54) is 0 Å². The lowest BCUT2D eigenvalue weighted by Gasteiger charge is -2.18. The summed E-state index contributed by atoms with van der Waals surface area (Å²) in [5.74, 6) is -0.0122. The number of hydrogen-bond acceptors (Lipinski definition) is 2. The van der Waals surface area contributed by atoms with Gasteiger partial charge in [0.25, 0.3) is 0 Å². The number of hydrogen-bond donors (Lipinski definition) is 2. The van der Waals surface area contributed by atoms with Crippen LogP contribution in [-0.2, 0) is 4.79 Å². The van der Waals surface area contributed by atoms with Gasteiger partial charge < -0.3 is 11.1 Å². The number of nitrogens with two attached hydrogens (primary N) is 1. The molecule has 1 aromatic rings. The predicted molar refractivity (Wildman–Crippen MR) is 70.9 cm³/mol. The summed E-state index contributed by atoms with van der Waals surface area (Å²) in [6, 6.07) is 7.44. The first kappa shape index (κ1) is 14.0. The van der Waals surface area contributed by atoms with Crippen LogP contribution in [0.1, 0.15) is 38.3 Å². The third kappa shape index (κ3) is 4.75. The Hall–Kier alpha value is -1.06. The van der Waals surface area contributed by atoms with Crippen LogP contribution in [0, 0.1) is 0 Å². The lowest BCUT2D eigenvalue weighted by Crippen LogP contribution is -2.32. The smallest absolute Gasteiger partial charge is 0.222 e. The fraction of sp³-hybridized carbons (Fsp3) is 0.462. The minimum absolute atomic E-state index is 0.0122. The Bertz CT molecular complexity index is 362. The first-order valence-electron chi connectivity index (χ1n) is 5.83. The van der Waals surface area contributed by atoms with Crippen LogP contribution in [0.25, 0.3) is 0 Å². The predicted octanol–water partition coefficient (Wildman–Crippen LogP) is 2.64. The summed E-state index contributed by atoms with van der Waals surface area (Å²) >= 11 is 5.83. The lowest BCUT2D eigenvalue weighted by molar-refractivity contribution is -0.122. The molecular weight excluding hydrogens is 236 g/mol. The zero-order valence-corrected chi connectivity index (χ0v) is 11.0. The molecule has 0 aliphatic rings. The van der Waals surface area contributed by atoms with E-state index in [9.17, 15) is 4.79 Å². The maximum Gasteiger partial charge on any atom is 0.222 e. The molecule has 0 fully saturated rings. The highest BCUT2D eigenvalue weighted by Crippen LogP contribution is 2.19. The van der Waals surface area contributed by atoms with Gasteiger partial charge in [-0.3, -0.25) is 4.79 Å². The third-order valence-corrected chi connectivity index (χ3v) is 2.78. The highest BCUT2D eigenvalue weighted by molar-refractivity contribution is 6.30. The summed E-state index contributed by atoms with van der Waals surface area (Å²) in [7, 11) is 0. The molecule has 94 valence electrons. The van der Waals surface area contributed by atoms with E-state index in [0.717, 1.165) is 12.0 Å². The molecule has 0 aromatic heterocycles. The largest absolute Gasteiger partial charge is 0.349 e. The molecule has 1 amide bonds. The third-order valence-electron chi connectivity index (χ3n) is 2.52. The van der Waals surface area contributed by atoms with Crippen molar-refractivity contribution in [3.8, 4) is 0 Å². The van der Waals surface area contributed by atoms with E-state index in [1.54, 1.807) is 0 Å². The Morgan fingerprint density at radius 2 is 2.00 bits per heavy atom. The number of carbonyl (C=O) groups is 1. The van der Waals surface area contributed by atoms with Crippen LogP contribution in [0.5, 0.6) is 0 Å². The molecule has 17 heavy (non-hydrogen) atoms. The van der Waals surface area contributed by atoms with Gasteiger partial charge in [-0.25, -0.2) is 0 Å². The molecule has 0 heterocycles. The molecule has 3 nitrogen and oxygen atoms in total. The van der Waals surface area contributed by atoms with Crippen LogP contribution >= 0.6 is 11.6 Å². The van der Waals surface area contributed by atoms with Gasteiger partial charge in [0, 0.05) is 17.5 Å². The molecule has 2 atom stereocenters. The summed E-state index contributed by atoms with van der Waals surface area (Å²) in [5, 5.41) is 3.67. The van der Waals surface area contributed by atoms with Crippen molar-refractivity contribution >= 4 is 17.5 Å². The van der Waals surface area contributed by atoms with Crippen molar-refractivity contribution < 1.29 is 4.79 Å². The van der Waals surface area contributed by atoms with Crippen molar-refractivity contribution in [3.05, 3.63) is 34.9 Å². The highest BCUT2D eigenvalue weighted by atomic mass is 35.5. The maximum absolute atomic E-state index is 11.6. The summed E-state index contributed by atoms with van der Waals surface area (Å²) in [6.45, 7) is 3.86. The van der Waals surface area contributed by atoms with Crippen LogP contribution in [0.4, 0.5) is 0 Å². The van der Waals surface area contributed by atoms with E-state index < -0.39 is 0 Å². The molecule has 0 radical (unpaired) electrons. The first-order valence-corrected chi connectivity index (χ1v) is 6.21. The van der Waals surface area contributed by atoms with E-state index >= 15 is 0 Å². The van der Waals surface area contributed by atoms with Gasteiger partial charge in [0.2, 0.25) is 5.91 Å². The van der Waals surface area contributed by atoms with Gasteiger partial charge >= 0.3 is 0 Å². The fourth-order valence-corrected chi connectivity index (χ4v) is 1.79. The van der Waals surface area contributed by atoms with Crippen molar-refractivity contribution in [1.29, 1.82) is 0 Å². The maximum atomic E-state index is 11.6. The van der Waals surface area contributed by atoms with Gasteiger partial charge in [0.05, 0.1) is 6.04 Å². The summed E-state index contributed by atoms with van der Waals surface area (Å²) in [4.78, 5) is 11.6. The quantitative estimate of drug-likeness (QED) is 0.849. The van der Waals surface area contributed by atoms with Crippen LogP contribution in [0.3, 0.4) is 0 Å². The average molecular weight is 255 g/mol. The number of halogens is 1. The van der Waals surface area contributed by atoms with Crippen molar-refractivity contribution in [2.24, 2.45) is 5.73 Å². The molecule has 4 heteroatoms. The molecular formula is C13H19ClN2O. The van der Waals surface area contributed by atoms with Crippen molar-refractivity contribution in [2.45, 2.75) is 38.8 Å². The number of benzene rings is 1. The second kappa shape index (κ2) is 6.62. The average Bonchev–Trinajstić information content (AvgIpc) is 2.26. The Morgan fingerprint density at radius 1 is 1.41 bits per heavy atom. The molecule has 0 bridgehead atoms. The van der Waals surface area contributed by atoms with Crippen LogP contribution in [0.2, 0.25) is 5.02 Å². The molecule has 0 spiro atoms. The Kier molecular flexibility index (Phi) is 5.45. The van der Waals surface area contributed by atoms with E-state index in [1.807, 2.05) is 38.1 Å². The number of amides is 1. The second-order valence-electron chi connectivity index (χ2n) is 4.26. The van der Waals surface area contributed by atoms with Gasteiger partial charge in [-0.15, -0.1) is 0 Å². The monoisotopic (exact) mass is 254 g/mol. The van der Waals surface area contributed by atoms with Crippen LogP contribution < -0.4 is 11.1 Å². The first-order chi connectivity index (χ1) is 8.02. The summed E-state index contributed by atoms with van der Waals surface area (Å²) in [6.07, 6.45) is 1.19. The SMILES string of the molecule is CCC(NC(=O)CC(C)N)c1ccc(Cl)cc1. The standard InChI is InChI=1S/C13H19ClN2O/c1-3-12(16-13(17)8-9(2)15)10-4-6-11(14)7-5-10/h4-7,9,12H,3,8,15H2,1-2H3,(H,16,17). The number of nitrogens with one attached hydrogen (secondary N) is 1. The van der Waals surface area contributed by atoms with Crippen molar-refractivity contribution in [2.75, 3.05) is 0 Å². The van der Waals surface area contributed by atoms with Crippen molar-refractivity contribution in [3.63, 3.8) is 0 Å². The number of carbonyl (C=O) groups excluding carboxylic acids is 1. The molecule has 1 aromatic carbocycles. The second-order valence-corrected chi connectivity index (χ2v) is 4.70. The minimum atomic E-state index is -0.113. The Labute approximate surface area is 107 Å². The summed E-state index contributed by atoms with van der Waals surface area (Å²) in [5.41, 5.74) is 6.66. The van der Waals surface area contributed by atoms with Gasteiger partial charge in [-0.1, -0.05) is 30.7 Å². The minimum Gasteiger partial charge on any atom is -0.349 e. The Balaban J connectivity index is 2.65. The van der Waals surface area contributed by atoms with E-state index in [0.29, 0.717) is 11.4 Å². The van der Waals surface area contributed by atoms with Crippen LogP contribution in [-0.4, -0.2) is 11.9 Å². The van der Waals surface area contributed by atoms with E-state index in [4.69, 9.17) is 17.3 Å². The van der Waals surface area contributed by atoms with Crippen LogP contribution in [0.15, 0.2) is 24.3 Å². The van der Waals surface area contributed by atoms with E-state index in [2.05, 4.69) is 5.32 Å². The summed E-state index contributed by atoms with van der Waals surface area (Å²) < 4.78 is 0. The van der Waals surface area contributed by atoms with Gasteiger partial charge in [-0.05, 0) is 31.0 Å². The number of rotatable bonds is 5. The molecule has 0 saturated heterocycles. The zero-order chi connectivity index (χ0) is 12.8. The molecule has 3 N–H and O–H groups in total. The van der Waals surface area contributed by atoms with Crippen molar-refractivity contribution in [1.82, 2.24) is 5.32 Å². The lowest BCUT2D eigenvalue weighted by atomic mass is 10.0. The highest BCUT2D eigenvalue weighted by Gasteiger charge is 2.13. The molecule has 0 saturated carbocycles. The molecule has 0 aliphatic heterocycles. The van der Waals surface area contributed by atoms with Gasteiger partial charge in [0.15, 0.2) is 0 Å². The topological polar surface area (TPSA) is 55.1 Å². The Morgan fingerprint density at radius 3 is 2.47 bits per heavy atom. The van der Waals surface area contributed by atoms with Gasteiger partial charge in [-0.2, -0.15) is 0 Å². The van der Waals surface area contributed by atoms with Gasteiger partial charge in [0.1, 0.15) is 0 Å². The zero-order valence-electron chi connectivity index (χ0n) is 10.2. The van der Waals surface area contributed by atoms with E-state index in [-0.39, 0.29) is 18.0 Å². The molecule has 2 unspecified atom stereocenters. The fourth-order valence-electron chi connectivity index (χ4n) is 1.66. The molecule has 0 aliphatic carbocycles. The molecule has 1 rings (SSSR count). The normalized spacial score (nSPS) is 14.1.